The monoisotopic (exact) mass is 184 g/mol. The molecule has 1 unspecified atom stereocenters. The van der Waals surface area contributed by atoms with Crippen LogP contribution in [0.15, 0.2) is 0 Å². The van der Waals surface area contributed by atoms with Crippen molar-refractivity contribution in [3.8, 4) is 0 Å². The molecule has 1 atom stereocenters. The molecule has 0 bridgehead atoms. The molecule has 3 nitrogen and oxygen atoms in total. The second-order valence-electron chi connectivity index (χ2n) is 4.81. The highest BCUT2D eigenvalue weighted by Crippen LogP contribution is 2.29. The van der Waals surface area contributed by atoms with Crippen LogP contribution in [0.3, 0.4) is 0 Å². The van der Waals surface area contributed by atoms with E-state index in [0.29, 0.717) is 12.0 Å². The highest BCUT2D eigenvalue weighted by atomic mass is 16.2. The van der Waals surface area contributed by atoms with E-state index in [2.05, 4.69) is 13.8 Å². The van der Waals surface area contributed by atoms with Crippen LogP contribution < -0.4 is 5.73 Å². The van der Waals surface area contributed by atoms with Gasteiger partial charge in [-0.05, 0) is 11.8 Å². The van der Waals surface area contributed by atoms with Gasteiger partial charge < -0.3 is 10.6 Å². The minimum Gasteiger partial charge on any atom is -0.342 e. The van der Waals surface area contributed by atoms with Crippen LogP contribution in [0.2, 0.25) is 0 Å². The summed E-state index contributed by atoms with van der Waals surface area (Å²) in [7, 11) is 0. The fourth-order valence-corrected chi connectivity index (χ4v) is 1.71. The second-order valence-corrected chi connectivity index (χ2v) is 4.81. The van der Waals surface area contributed by atoms with Crippen molar-refractivity contribution >= 4 is 5.91 Å². The molecule has 13 heavy (non-hydrogen) atoms. The lowest BCUT2D eigenvalue weighted by Crippen LogP contribution is -2.37. The van der Waals surface area contributed by atoms with Gasteiger partial charge >= 0.3 is 0 Å². The molecule has 0 radical (unpaired) electrons. The Balaban J connectivity index is 2.51. The lowest BCUT2D eigenvalue weighted by molar-refractivity contribution is -0.133. The molecular formula is C10H20N2O. The van der Waals surface area contributed by atoms with Crippen LogP contribution in [0, 0.1) is 11.3 Å². The van der Waals surface area contributed by atoms with E-state index < -0.39 is 0 Å². The maximum atomic E-state index is 11.7. The molecule has 1 saturated heterocycles. The number of nitrogens with zero attached hydrogens (tertiary/aromatic N) is 1. The van der Waals surface area contributed by atoms with Gasteiger partial charge in [0.15, 0.2) is 0 Å². The molecule has 1 aliphatic rings. The van der Waals surface area contributed by atoms with Crippen molar-refractivity contribution in [2.24, 2.45) is 17.1 Å². The van der Waals surface area contributed by atoms with Gasteiger partial charge in [-0.3, -0.25) is 4.79 Å². The maximum Gasteiger partial charge on any atom is 0.226 e. The number of amides is 1. The normalized spacial score (nSPS) is 23.2. The average Bonchev–Trinajstić information content (AvgIpc) is 2.43. The molecule has 2 N–H and O–H groups in total. The summed E-state index contributed by atoms with van der Waals surface area (Å²) in [6, 6.07) is 0. The summed E-state index contributed by atoms with van der Waals surface area (Å²) in [5, 5.41) is 0. The molecule has 0 aromatic carbocycles. The lowest BCUT2D eigenvalue weighted by atomic mass is 9.93. The van der Waals surface area contributed by atoms with E-state index >= 15 is 0 Å². The van der Waals surface area contributed by atoms with Gasteiger partial charge in [0, 0.05) is 25.6 Å². The molecule has 0 aromatic heterocycles. The minimum atomic E-state index is -0.0195. The Kier molecular flexibility index (Phi) is 2.96. The molecule has 0 spiro atoms. The molecule has 1 fully saturated rings. The summed E-state index contributed by atoms with van der Waals surface area (Å²) < 4.78 is 0. The molecule has 3 heteroatoms. The van der Waals surface area contributed by atoms with Crippen molar-refractivity contribution < 1.29 is 4.79 Å². The SMILES string of the molecule is CC(CN)C(=O)N1CCC(C)(C)C1. The third-order valence-corrected chi connectivity index (χ3v) is 2.76. The Morgan fingerprint density at radius 3 is 2.62 bits per heavy atom. The molecular weight excluding hydrogens is 164 g/mol. The zero-order valence-corrected chi connectivity index (χ0v) is 8.84. The molecule has 0 saturated carbocycles. The topological polar surface area (TPSA) is 46.3 Å². The van der Waals surface area contributed by atoms with Crippen molar-refractivity contribution in [1.82, 2.24) is 4.90 Å². The number of likely N-dealkylation sites (tertiary alicyclic amines) is 1. The second kappa shape index (κ2) is 3.66. The van der Waals surface area contributed by atoms with Crippen LogP contribution in [-0.4, -0.2) is 30.4 Å². The maximum absolute atomic E-state index is 11.7. The van der Waals surface area contributed by atoms with Gasteiger partial charge in [0.25, 0.3) is 0 Å². The van der Waals surface area contributed by atoms with Gasteiger partial charge in [0.2, 0.25) is 5.91 Å². The van der Waals surface area contributed by atoms with Crippen LogP contribution in [0.1, 0.15) is 27.2 Å². The average molecular weight is 184 g/mol. The van der Waals surface area contributed by atoms with E-state index in [9.17, 15) is 4.79 Å². The van der Waals surface area contributed by atoms with E-state index in [1.807, 2.05) is 11.8 Å². The van der Waals surface area contributed by atoms with E-state index in [1.54, 1.807) is 0 Å². The Morgan fingerprint density at radius 1 is 1.62 bits per heavy atom. The summed E-state index contributed by atoms with van der Waals surface area (Å²) in [6.45, 7) is 8.54. The largest absolute Gasteiger partial charge is 0.342 e. The Hall–Kier alpha value is -0.570. The highest BCUT2D eigenvalue weighted by Gasteiger charge is 2.33. The van der Waals surface area contributed by atoms with Gasteiger partial charge in [-0.25, -0.2) is 0 Å². The van der Waals surface area contributed by atoms with E-state index in [0.717, 1.165) is 19.5 Å². The van der Waals surface area contributed by atoms with Gasteiger partial charge in [-0.15, -0.1) is 0 Å². The van der Waals surface area contributed by atoms with E-state index in [1.165, 1.54) is 0 Å². The van der Waals surface area contributed by atoms with Crippen molar-refractivity contribution in [2.45, 2.75) is 27.2 Å². The number of hydrogen-bond acceptors (Lipinski definition) is 2. The van der Waals surface area contributed by atoms with Crippen LogP contribution in [0.4, 0.5) is 0 Å². The van der Waals surface area contributed by atoms with Crippen LogP contribution in [0.25, 0.3) is 0 Å². The summed E-state index contributed by atoms with van der Waals surface area (Å²) in [5.41, 5.74) is 5.76. The van der Waals surface area contributed by atoms with Crippen LogP contribution in [-0.2, 0) is 4.79 Å². The fourth-order valence-electron chi connectivity index (χ4n) is 1.71. The minimum absolute atomic E-state index is 0.0195. The lowest BCUT2D eigenvalue weighted by Gasteiger charge is -2.22. The van der Waals surface area contributed by atoms with Crippen molar-refractivity contribution in [3.05, 3.63) is 0 Å². The quantitative estimate of drug-likeness (QED) is 0.691. The first kappa shape index (κ1) is 10.5. The van der Waals surface area contributed by atoms with Gasteiger partial charge in [-0.2, -0.15) is 0 Å². The van der Waals surface area contributed by atoms with Gasteiger partial charge in [0.05, 0.1) is 0 Å². The molecule has 76 valence electrons. The molecule has 1 heterocycles. The Morgan fingerprint density at radius 2 is 2.23 bits per heavy atom. The predicted molar refractivity (Wildman–Crippen MR) is 53.2 cm³/mol. The van der Waals surface area contributed by atoms with Crippen molar-refractivity contribution in [3.63, 3.8) is 0 Å². The number of carbonyl (C=O) groups is 1. The summed E-state index contributed by atoms with van der Waals surface area (Å²) in [4.78, 5) is 13.7. The van der Waals surface area contributed by atoms with E-state index in [4.69, 9.17) is 5.73 Å². The predicted octanol–water partition coefficient (Wildman–Crippen LogP) is 0.840. The Bertz CT molecular complexity index is 201. The number of carbonyl (C=O) groups excluding carboxylic acids is 1. The molecule has 0 aromatic rings. The zero-order chi connectivity index (χ0) is 10.1. The first-order chi connectivity index (χ1) is 5.96. The third kappa shape index (κ3) is 2.44. The van der Waals surface area contributed by atoms with E-state index in [-0.39, 0.29) is 11.8 Å². The number of nitrogens with two attached hydrogens (primary N) is 1. The van der Waals surface area contributed by atoms with Crippen LogP contribution in [0.5, 0.6) is 0 Å². The fraction of sp³-hybridized carbons (Fsp3) is 0.900. The third-order valence-electron chi connectivity index (χ3n) is 2.76. The first-order valence-electron chi connectivity index (χ1n) is 4.95. The summed E-state index contributed by atoms with van der Waals surface area (Å²) in [5.74, 6) is 0.196. The van der Waals surface area contributed by atoms with Gasteiger partial charge in [0.1, 0.15) is 0 Å². The molecule has 1 amide bonds. The molecule has 0 aliphatic carbocycles. The van der Waals surface area contributed by atoms with Crippen molar-refractivity contribution in [1.29, 1.82) is 0 Å². The first-order valence-corrected chi connectivity index (χ1v) is 4.95. The molecule has 1 aliphatic heterocycles. The standard InChI is InChI=1S/C10H20N2O/c1-8(6-11)9(13)12-5-4-10(2,3)7-12/h8H,4-7,11H2,1-3H3. The van der Waals surface area contributed by atoms with Gasteiger partial charge in [-0.1, -0.05) is 20.8 Å². The zero-order valence-electron chi connectivity index (χ0n) is 8.84. The van der Waals surface area contributed by atoms with Crippen LogP contribution >= 0.6 is 0 Å². The number of rotatable bonds is 2. The molecule has 1 rings (SSSR count). The Labute approximate surface area is 80.3 Å². The smallest absolute Gasteiger partial charge is 0.226 e. The number of hydrogen-bond donors (Lipinski definition) is 1. The summed E-state index contributed by atoms with van der Waals surface area (Å²) in [6.07, 6.45) is 1.11. The van der Waals surface area contributed by atoms with Crippen molar-refractivity contribution in [2.75, 3.05) is 19.6 Å². The summed E-state index contributed by atoms with van der Waals surface area (Å²) >= 11 is 0. The highest BCUT2D eigenvalue weighted by molar-refractivity contribution is 5.79.